The highest BCUT2D eigenvalue weighted by molar-refractivity contribution is 6.13. The van der Waals surface area contributed by atoms with Crippen molar-refractivity contribution >= 4 is 54.4 Å². The van der Waals surface area contributed by atoms with Crippen molar-refractivity contribution in [2.24, 2.45) is 0 Å². The summed E-state index contributed by atoms with van der Waals surface area (Å²) in [4.78, 5) is 0. The van der Waals surface area contributed by atoms with Crippen molar-refractivity contribution in [3.8, 4) is 44.8 Å². The molecular formula is C52H34N2. The Bertz CT molecular complexity index is 3180. The van der Waals surface area contributed by atoms with Crippen molar-refractivity contribution < 1.29 is 0 Å². The molecule has 0 spiro atoms. The van der Waals surface area contributed by atoms with E-state index in [0.29, 0.717) is 0 Å². The van der Waals surface area contributed by atoms with Gasteiger partial charge < -0.3 is 9.13 Å². The Hall–Kier alpha value is -7.16. The molecule has 0 atom stereocenters. The molecule has 9 aromatic carbocycles. The van der Waals surface area contributed by atoms with Gasteiger partial charge in [0, 0.05) is 32.9 Å². The van der Waals surface area contributed by atoms with E-state index >= 15 is 0 Å². The Morgan fingerprint density at radius 1 is 0.241 bits per heavy atom. The van der Waals surface area contributed by atoms with E-state index in [2.05, 4.69) is 215 Å². The molecule has 0 unspecified atom stereocenters. The Morgan fingerprint density at radius 3 is 1.33 bits per heavy atom. The number of nitrogens with zero attached hydrogens (tertiary/aromatic N) is 2. The molecule has 0 aliphatic rings. The second-order valence-electron chi connectivity index (χ2n) is 14.2. The highest BCUT2D eigenvalue weighted by atomic mass is 15.0. The van der Waals surface area contributed by atoms with Crippen LogP contribution in [0.25, 0.3) is 99.1 Å². The van der Waals surface area contributed by atoms with Crippen molar-refractivity contribution in [3.05, 3.63) is 206 Å². The third-order valence-electron chi connectivity index (χ3n) is 11.1. The van der Waals surface area contributed by atoms with Gasteiger partial charge in [-0.25, -0.2) is 0 Å². The highest BCUT2D eigenvalue weighted by Crippen LogP contribution is 2.40. The van der Waals surface area contributed by atoms with Crippen molar-refractivity contribution in [3.63, 3.8) is 0 Å². The van der Waals surface area contributed by atoms with E-state index in [4.69, 9.17) is 0 Å². The first-order chi connectivity index (χ1) is 26.8. The van der Waals surface area contributed by atoms with Gasteiger partial charge in [0.1, 0.15) is 0 Å². The molecule has 2 heterocycles. The third kappa shape index (κ3) is 4.81. The van der Waals surface area contributed by atoms with Crippen LogP contribution in [0.1, 0.15) is 0 Å². The summed E-state index contributed by atoms with van der Waals surface area (Å²) in [5, 5.41) is 7.53. The monoisotopic (exact) mass is 686 g/mol. The number of hydrogen-bond donors (Lipinski definition) is 0. The smallest absolute Gasteiger partial charge is 0.0541 e. The molecule has 0 fully saturated rings. The van der Waals surface area contributed by atoms with E-state index in [9.17, 15) is 0 Å². The maximum Gasteiger partial charge on any atom is 0.0541 e. The summed E-state index contributed by atoms with van der Waals surface area (Å²) < 4.78 is 4.80. The van der Waals surface area contributed by atoms with Crippen LogP contribution < -0.4 is 0 Å². The molecule has 2 aromatic heterocycles. The Balaban J connectivity index is 1.09. The van der Waals surface area contributed by atoms with Crippen LogP contribution in [-0.2, 0) is 0 Å². The van der Waals surface area contributed by atoms with Gasteiger partial charge in [-0.2, -0.15) is 0 Å². The number of aromatic nitrogens is 2. The molecule has 252 valence electrons. The molecule has 0 amide bonds. The van der Waals surface area contributed by atoms with Crippen LogP contribution in [-0.4, -0.2) is 9.13 Å². The summed E-state index contributed by atoms with van der Waals surface area (Å²) in [7, 11) is 0. The molecule has 2 nitrogen and oxygen atoms in total. The van der Waals surface area contributed by atoms with Crippen LogP contribution in [0.4, 0.5) is 0 Å². The quantitative estimate of drug-likeness (QED) is 0.171. The normalized spacial score (nSPS) is 11.7. The summed E-state index contributed by atoms with van der Waals surface area (Å²) >= 11 is 0. The lowest BCUT2D eigenvalue weighted by atomic mass is 9.98. The fraction of sp³-hybridized carbons (Fsp3) is 0. The first-order valence-corrected chi connectivity index (χ1v) is 18.6. The summed E-state index contributed by atoms with van der Waals surface area (Å²) in [5.74, 6) is 0. The third-order valence-corrected chi connectivity index (χ3v) is 11.1. The van der Waals surface area contributed by atoms with Crippen molar-refractivity contribution in [1.29, 1.82) is 0 Å². The van der Waals surface area contributed by atoms with Crippen LogP contribution in [0.2, 0.25) is 0 Å². The molecule has 54 heavy (non-hydrogen) atoms. The lowest BCUT2D eigenvalue weighted by molar-refractivity contribution is 1.18. The molecule has 0 saturated carbocycles. The van der Waals surface area contributed by atoms with E-state index in [1.165, 1.54) is 93.5 Å². The SMILES string of the molecule is c1ccc(-c2ccc3c(c2)c2cc(-c4ccc5c(c4)c4ccccc4n5-c4ccccc4)ccc2n3-c2ccc(-c3cccc4ccccc34)cc2)cc1. The Kier molecular flexibility index (Phi) is 6.90. The molecule has 11 rings (SSSR count). The van der Waals surface area contributed by atoms with Gasteiger partial charge in [-0.1, -0.05) is 140 Å². The lowest BCUT2D eigenvalue weighted by Crippen LogP contribution is -1.94. The van der Waals surface area contributed by atoms with Crippen LogP contribution >= 0.6 is 0 Å². The predicted octanol–water partition coefficient (Wildman–Crippen LogP) is 14.0. The van der Waals surface area contributed by atoms with Crippen LogP contribution in [0.15, 0.2) is 206 Å². The van der Waals surface area contributed by atoms with Gasteiger partial charge in [0.05, 0.1) is 22.1 Å². The minimum Gasteiger partial charge on any atom is -0.309 e. The summed E-state index contributed by atoms with van der Waals surface area (Å²) in [6.45, 7) is 0. The number of para-hydroxylation sites is 2. The average molecular weight is 687 g/mol. The van der Waals surface area contributed by atoms with Crippen LogP contribution in [0.3, 0.4) is 0 Å². The second-order valence-corrected chi connectivity index (χ2v) is 14.2. The van der Waals surface area contributed by atoms with Crippen molar-refractivity contribution in [1.82, 2.24) is 9.13 Å². The zero-order chi connectivity index (χ0) is 35.6. The van der Waals surface area contributed by atoms with Gasteiger partial charge >= 0.3 is 0 Å². The number of hydrogen-bond acceptors (Lipinski definition) is 0. The minimum atomic E-state index is 1.15. The van der Waals surface area contributed by atoms with Crippen molar-refractivity contribution in [2.45, 2.75) is 0 Å². The molecule has 0 N–H and O–H groups in total. The number of fused-ring (bicyclic) bond motifs is 7. The lowest BCUT2D eigenvalue weighted by Gasteiger charge is -2.11. The summed E-state index contributed by atoms with van der Waals surface area (Å²) in [6, 6.07) is 75.2. The zero-order valence-electron chi connectivity index (χ0n) is 29.5. The fourth-order valence-corrected chi connectivity index (χ4v) is 8.57. The molecule has 0 aliphatic carbocycles. The van der Waals surface area contributed by atoms with Gasteiger partial charge in [-0.3, -0.25) is 0 Å². The molecule has 0 bridgehead atoms. The van der Waals surface area contributed by atoms with E-state index in [1.54, 1.807) is 0 Å². The Morgan fingerprint density at radius 2 is 0.685 bits per heavy atom. The van der Waals surface area contributed by atoms with Gasteiger partial charge in [0.2, 0.25) is 0 Å². The maximum absolute atomic E-state index is 2.42. The largest absolute Gasteiger partial charge is 0.309 e. The van der Waals surface area contributed by atoms with E-state index in [0.717, 1.165) is 5.69 Å². The van der Waals surface area contributed by atoms with Crippen LogP contribution in [0.5, 0.6) is 0 Å². The maximum atomic E-state index is 2.42. The number of rotatable bonds is 5. The van der Waals surface area contributed by atoms with Crippen LogP contribution in [0, 0.1) is 0 Å². The molecule has 0 aliphatic heterocycles. The minimum absolute atomic E-state index is 1.15. The molecular weight excluding hydrogens is 653 g/mol. The zero-order valence-corrected chi connectivity index (χ0v) is 29.5. The topological polar surface area (TPSA) is 9.86 Å². The van der Waals surface area contributed by atoms with Gasteiger partial charge in [0.15, 0.2) is 0 Å². The second kappa shape index (κ2) is 12.2. The summed E-state index contributed by atoms with van der Waals surface area (Å²) in [5.41, 5.74) is 14.5. The predicted molar refractivity (Wildman–Crippen MR) is 229 cm³/mol. The fourth-order valence-electron chi connectivity index (χ4n) is 8.57. The molecule has 0 radical (unpaired) electrons. The first-order valence-electron chi connectivity index (χ1n) is 18.6. The highest BCUT2D eigenvalue weighted by Gasteiger charge is 2.17. The first kappa shape index (κ1) is 30.5. The van der Waals surface area contributed by atoms with Gasteiger partial charge in [0.25, 0.3) is 0 Å². The van der Waals surface area contributed by atoms with E-state index in [1.807, 2.05) is 0 Å². The van der Waals surface area contributed by atoms with Gasteiger partial charge in [-0.15, -0.1) is 0 Å². The van der Waals surface area contributed by atoms with Gasteiger partial charge in [-0.05, 0) is 111 Å². The van der Waals surface area contributed by atoms with E-state index < -0.39 is 0 Å². The Labute approximate surface area is 313 Å². The van der Waals surface area contributed by atoms with Crippen molar-refractivity contribution in [2.75, 3.05) is 0 Å². The standard InChI is InChI=1S/C52H34N2/c1-3-12-35(13-4-1)38-24-29-51-47(32-38)48-34-40(39-25-30-50-46(33-39)45-19-9-10-21-49(45)53(50)41-16-5-2-6-17-41)26-31-52(48)54(51)42-27-22-37(23-28-42)44-20-11-15-36-14-7-8-18-43(36)44/h1-34H. The number of benzene rings is 9. The van der Waals surface area contributed by atoms with E-state index in [-0.39, 0.29) is 0 Å². The molecule has 2 heteroatoms. The molecule has 0 saturated heterocycles. The average Bonchev–Trinajstić information content (AvgIpc) is 3.76. The molecule has 11 aromatic rings. The summed E-state index contributed by atoms with van der Waals surface area (Å²) in [6.07, 6.45) is 0.